The van der Waals surface area contributed by atoms with Gasteiger partial charge in [0, 0.05) is 46.2 Å². The highest BCUT2D eigenvalue weighted by Gasteiger charge is 2.07. The highest BCUT2D eigenvalue weighted by atomic mass is 16.5. The lowest BCUT2D eigenvalue weighted by Crippen LogP contribution is -2.23. The third-order valence-corrected chi connectivity index (χ3v) is 2.15. The highest BCUT2D eigenvalue weighted by Crippen LogP contribution is 2.12. The van der Waals surface area contributed by atoms with Gasteiger partial charge in [0.2, 0.25) is 0 Å². The van der Waals surface area contributed by atoms with E-state index in [1.807, 2.05) is 11.9 Å². The molecule has 1 aromatic rings. The van der Waals surface area contributed by atoms with Gasteiger partial charge in [-0.2, -0.15) is 0 Å². The van der Waals surface area contributed by atoms with E-state index in [1.165, 1.54) is 0 Å². The second kappa shape index (κ2) is 6.31. The summed E-state index contributed by atoms with van der Waals surface area (Å²) in [7, 11) is 3.69. The smallest absolute Gasteiger partial charge is 0.151 e. The number of hydrogen-bond donors (Lipinski definition) is 1. The van der Waals surface area contributed by atoms with Gasteiger partial charge in [-0.3, -0.25) is 4.98 Å². The molecule has 0 bridgehead atoms. The molecule has 15 heavy (non-hydrogen) atoms. The van der Waals surface area contributed by atoms with Crippen molar-refractivity contribution in [3.63, 3.8) is 0 Å². The van der Waals surface area contributed by atoms with Crippen LogP contribution in [0.4, 0.5) is 5.82 Å². The maximum Gasteiger partial charge on any atom is 0.151 e. The van der Waals surface area contributed by atoms with Crippen LogP contribution >= 0.6 is 0 Å². The fourth-order valence-corrected chi connectivity index (χ4v) is 1.37. The normalized spacial score (nSPS) is 10.3. The number of nitrogens with two attached hydrogens (primary N) is 1. The van der Waals surface area contributed by atoms with Gasteiger partial charge in [-0.25, -0.2) is 4.98 Å². The molecule has 0 aliphatic heterocycles. The third kappa shape index (κ3) is 3.45. The van der Waals surface area contributed by atoms with Crippen LogP contribution in [0.15, 0.2) is 12.4 Å². The molecule has 5 nitrogen and oxygen atoms in total. The first-order valence-electron chi connectivity index (χ1n) is 4.99. The number of methoxy groups -OCH3 is 1. The highest BCUT2D eigenvalue weighted by molar-refractivity contribution is 5.41. The Bertz CT molecular complexity index is 293. The van der Waals surface area contributed by atoms with Crippen molar-refractivity contribution in [2.45, 2.75) is 13.0 Å². The van der Waals surface area contributed by atoms with Crippen molar-refractivity contribution in [2.24, 2.45) is 5.73 Å². The maximum atomic E-state index is 5.59. The average Bonchev–Trinajstić information content (AvgIpc) is 2.29. The molecular weight excluding hydrogens is 192 g/mol. The van der Waals surface area contributed by atoms with E-state index in [2.05, 4.69) is 9.97 Å². The number of hydrogen-bond acceptors (Lipinski definition) is 5. The Labute approximate surface area is 90.3 Å². The lowest BCUT2D eigenvalue weighted by Gasteiger charge is -2.19. The number of rotatable bonds is 6. The van der Waals surface area contributed by atoms with Crippen molar-refractivity contribution >= 4 is 5.82 Å². The van der Waals surface area contributed by atoms with E-state index in [1.54, 1.807) is 19.5 Å². The Morgan fingerprint density at radius 2 is 2.13 bits per heavy atom. The van der Waals surface area contributed by atoms with Crippen LogP contribution in [0.3, 0.4) is 0 Å². The van der Waals surface area contributed by atoms with Gasteiger partial charge < -0.3 is 15.4 Å². The van der Waals surface area contributed by atoms with Crippen molar-refractivity contribution in [1.82, 2.24) is 9.97 Å². The Morgan fingerprint density at radius 3 is 2.80 bits per heavy atom. The van der Waals surface area contributed by atoms with Gasteiger partial charge in [0.25, 0.3) is 0 Å². The van der Waals surface area contributed by atoms with Gasteiger partial charge >= 0.3 is 0 Å². The minimum absolute atomic E-state index is 0.414. The molecule has 0 radical (unpaired) electrons. The van der Waals surface area contributed by atoms with E-state index >= 15 is 0 Å². The zero-order valence-corrected chi connectivity index (χ0v) is 9.31. The van der Waals surface area contributed by atoms with Crippen molar-refractivity contribution in [3.8, 4) is 0 Å². The predicted molar refractivity (Wildman–Crippen MR) is 59.7 cm³/mol. The van der Waals surface area contributed by atoms with Crippen LogP contribution in [0.25, 0.3) is 0 Å². The van der Waals surface area contributed by atoms with E-state index in [0.29, 0.717) is 6.54 Å². The van der Waals surface area contributed by atoms with Crippen LogP contribution in [0.5, 0.6) is 0 Å². The molecule has 0 aromatic carbocycles. The molecule has 5 heteroatoms. The number of aromatic nitrogens is 2. The zero-order valence-electron chi connectivity index (χ0n) is 9.31. The topological polar surface area (TPSA) is 64.3 Å². The van der Waals surface area contributed by atoms with Crippen LogP contribution in [-0.2, 0) is 11.3 Å². The van der Waals surface area contributed by atoms with Gasteiger partial charge in [0.1, 0.15) is 0 Å². The molecule has 0 spiro atoms. The Hall–Kier alpha value is -1.20. The van der Waals surface area contributed by atoms with Crippen LogP contribution in [0.1, 0.15) is 12.1 Å². The summed E-state index contributed by atoms with van der Waals surface area (Å²) >= 11 is 0. The van der Waals surface area contributed by atoms with Gasteiger partial charge in [-0.05, 0) is 6.42 Å². The van der Waals surface area contributed by atoms with Gasteiger partial charge in [-0.1, -0.05) is 0 Å². The van der Waals surface area contributed by atoms with Crippen molar-refractivity contribution in [3.05, 3.63) is 18.1 Å². The Balaban J connectivity index is 2.59. The summed E-state index contributed by atoms with van der Waals surface area (Å²) in [5, 5.41) is 0. The monoisotopic (exact) mass is 210 g/mol. The molecule has 0 unspecified atom stereocenters. The van der Waals surface area contributed by atoms with E-state index < -0.39 is 0 Å². The van der Waals surface area contributed by atoms with Crippen LogP contribution < -0.4 is 10.6 Å². The summed E-state index contributed by atoms with van der Waals surface area (Å²) in [6, 6.07) is 0. The minimum Gasteiger partial charge on any atom is -0.385 e. The maximum absolute atomic E-state index is 5.59. The summed E-state index contributed by atoms with van der Waals surface area (Å²) in [4.78, 5) is 10.5. The lowest BCUT2D eigenvalue weighted by molar-refractivity contribution is 0.196. The van der Waals surface area contributed by atoms with Crippen molar-refractivity contribution in [2.75, 3.05) is 32.2 Å². The molecule has 84 valence electrons. The molecule has 0 saturated heterocycles. The van der Waals surface area contributed by atoms with Crippen molar-refractivity contribution in [1.29, 1.82) is 0 Å². The minimum atomic E-state index is 0.414. The second-order valence-electron chi connectivity index (χ2n) is 3.30. The van der Waals surface area contributed by atoms with Crippen LogP contribution in [-0.4, -0.2) is 37.3 Å². The number of ether oxygens (including phenoxy) is 1. The number of nitrogens with zero attached hydrogens (tertiary/aromatic N) is 3. The van der Waals surface area contributed by atoms with Gasteiger partial charge in [0.05, 0.1) is 5.69 Å². The molecule has 2 N–H and O–H groups in total. The number of anilines is 1. The second-order valence-corrected chi connectivity index (χ2v) is 3.30. The molecule has 0 aliphatic rings. The zero-order chi connectivity index (χ0) is 11.1. The Kier molecular flexibility index (Phi) is 5.00. The van der Waals surface area contributed by atoms with E-state index in [0.717, 1.165) is 31.1 Å². The molecule has 0 saturated carbocycles. The van der Waals surface area contributed by atoms with E-state index in [4.69, 9.17) is 10.5 Å². The molecule has 0 fully saturated rings. The van der Waals surface area contributed by atoms with E-state index in [9.17, 15) is 0 Å². The first-order chi connectivity index (χ1) is 7.29. The standard InChI is InChI=1S/C10H18N4O/c1-14(6-3-7-15-2)10-9(8-11)12-4-5-13-10/h4-5H,3,6-8,11H2,1-2H3. The molecule has 1 rings (SSSR count). The van der Waals surface area contributed by atoms with Crippen LogP contribution in [0, 0.1) is 0 Å². The van der Waals surface area contributed by atoms with E-state index in [-0.39, 0.29) is 0 Å². The first-order valence-corrected chi connectivity index (χ1v) is 4.99. The van der Waals surface area contributed by atoms with Crippen LogP contribution in [0.2, 0.25) is 0 Å². The molecule has 0 amide bonds. The molecular formula is C10H18N4O. The third-order valence-electron chi connectivity index (χ3n) is 2.15. The summed E-state index contributed by atoms with van der Waals surface area (Å²) in [5.74, 6) is 0.858. The SMILES string of the molecule is COCCCN(C)c1nccnc1CN. The first kappa shape index (κ1) is 11.9. The molecule has 1 aromatic heterocycles. The van der Waals surface area contributed by atoms with Gasteiger partial charge in [0.15, 0.2) is 5.82 Å². The predicted octanol–water partition coefficient (Wildman–Crippen LogP) is 0.408. The van der Waals surface area contributed by atoms with Crippen molar-refractivity contribution < 1.29 is 4.74 Å². The fraction of sp³-hybridized carbons (Fsp3) is 0.600. The summed E-state index contributed by atoms with van der Waals surface area (Å²) < 4.78 is 5.00. The Morgan fingerprint density at radius 1 is 1.40 bits per heavy atom. The van der Waals surface area contributed by atoms with Gasteiger partial charge in [-0.15, -0.1) is 0 Å². The lowest BCUT2D eigenvalue weighted by atomic mass is 10.3. The summed E-state index contributed by atoms with van der Waals surface area (Å²) in [6.07, 6.45) is 4.31. The molecule has 0 aliphatic carbocycles. The molecule has 0 atom stereocenters. The largest absolute Gasteiger partial charge is 0.385 e. The fourth-order valence-electron chi connectivity index (χ4n) is 1.37. The summed E-state index contributed by atoms with van der Waals surface area (Å²) in [5.41, 5.74) is 6.42. The molecule has 1 heterocycles. The summed E-state index contributed by atoms with van der Waals surface area (Å²) in [6.45, 7) is 2.06. The average molecular weight is 210 g/mol. The quantitative estimate of drug-likeness (QED) is 0.689.